The number of aliphatic hydroxyl groups excluding tert-OH is 2. The first-order chi connectivity index (χ1) is 18.4. The number of piperidine rings is 1. The first kappa shape index (κ1) is 28.4. The van der Waals surface area contributed by atoms with Gasteiger partial charge in [-0.3, -0.25) is 9.80 Å². The normalized spacial score (nSPS) is 20.4. The molecule has 0 radical (unpaired) electrons. The van der Waals surface area contributed by atoms with Crippen LogP contribution >= 0.6 is 11.6 Å². The largest absolute Gasteiger partial charge is 0.399 e. The molecule has 1 aromatic carbocycles. The van der Waals surface area contributed by atoms with Crippen LogP contribution in [0.4, 0.5) is 17.3 Å². The Kier molecular flexibility index (Phi) is 9.67. The van der Waals surface area contributed by atoms with Gasteiger partial charge in [-0.15, -0.1) is 0 Å². The highest BCUT2D eigenvalue weighted by atomic mass is 35.5. The Morgan fingerprint density at radius 2 is 1.84 bits per heavy atom. The number of anilines is 3. The quantitative estimate of drug-likeness (QED) is 0.282. The molecular weight excluding hydrogens is 504 g/mol. The second-order valence-electron chi connectivity index (χ2n) is 10.1. The third-order valence-electron chi connectivity index (χ3n) is 7.80. The summed E-state index contributed by atoms with van der Waals surface area (Å²) in [5, 5.41) is 22.4. The zero-order valence-electron chi connectivity index (χ0n) is 22.2. The summed E-state index contributed by atoms with van der Waals surface area (Å²) in [4.78, 5) is 16.3. The van der Waals surface area contributed by atoms with Gasteiger partial charge < -0.3 is 31.9 Å². The molecule has 1 aromatic heterocycles. The maximum absolute atomic E-state index is 10.1. The monoisotopic (exact) mass is 544 g/mol. The van der Waals surface area contributed by atoms with Gasteiger partial charge in [0.1, 0.15) is 5.69 Å². The molecule has 2 aliphatic rings. The van der Waals surface area contributed by atoms with Crippen LogP contribution in [0.15, 0.2) is 30.8 Å². The number of nitrogens with one attached hydrogen (secondary N) is 1. The molecule has 0 saturated carbocycles. The van der Waals surface area contributed by atoms with Crippen LogP contribution in [0.1, 0.15) is 43.5 Å². The molecule has 4 rings (SSSR count). The van der Waals surface area contributed by atoms with Gasteiger partial charge in [0.15, 0.2) is 16.8 Å². The summed E-state index contributed by atoms with van der Waals surface area (Å²) in [5.41, 5.74) is 14.8. The smallest absolute Gasteiger partial charge is 0.172 e. The van der Waals surface area contributed by atoms with Crippen molar-refractivity contribution >= 4 is 34.6 Å². The summed E-state index contributed by atoms with van der Waals surface area (Å²) < 4.78 is 0. The first-order valence-electron chi connectivity index (χ1n) is 13.4. The molecule has 2 aromatic rings. The van der Waals surface area contributed by atoms with Gasteiger partial charge in [0, 0.05) is 57.0 Å². The number of hydrogen-bond acceptors (Lipinski definition) is 10. The molecule has 2 aliphatic heterocycles. The number of nitrogen functional groups attached to an aromatic ring is 2. The number of hydrogen-bond donors (Lipinski definition) is 5. The van der Waals surface area contributed by atoms with Crippen molar-refractivity contribution in [3.63, 3.8) is 0 Å². The van der Waals surface area contributed by atoms with Crippen molar-refractivity contribution in [1.82, 2.24) is 25.1 Å². The van der Waals surface area contributed by atoms with E-state index < -0.39 is 0 Å². The van der Waals surface area contributed by atoms with Crippen LogP contribution in [0.3, 0.4) is 0 Å². The fourth-order valence-electron chi connectivity index (χ4n) is 5.72. The maximum Gasteiger partial charge on any atom is 0.172 e. The topological polar surface area (TPSA) is 140 Å². The fraction of sp³-hybridized carbons (Fsp3) is 0.556. The lowest BCUT2D eigenvalue weighted by molar-refractivity contribution is 0.0356. The van der Waals surface area contributed by atoms with Gasteiger partial charge >= 0.3 is 0 Å². The fourth-order valence-corrected chi connectivity index (χ4v) is 5.96. The van der Waals surface area contributed by atoms with Crippen molar-refractivity contribution < 1.29 is 10.2 Å². The Hall–Kier alpha value is -2.63. The van der Waals surface area contributed by atoms with Gasteiger partial charge in [-0.25, -0.2) is 9.97 Å². The Bertz CT molecular complexity index is 1080. The highest BCUT2D eigenvalue weighted by molar-refractivity contribution is 6.31. The number of benzene rings is 1. The van der Waals surface area contributed by atoms with Gasteiger partial charge in [-0.05, 0) is 37.0 Å². The van der Waals surface area contributed by atoms with Crippen molar-refractivity contribution in [2.75, 3.05) is 68.8 Å². The van der Waals surface area contributed by atoms with E-state index in [1.807, 2.05) is 24.3 Å². The molecule has 11 heteroatoms. The standard InChI is InChI=1S/C27H41ClN8O2/c1-3-21-16-35(27-25(28)32-24(26(30)33-27)18(2)31-10-15-37)13-14-36(21)22-8-11-34(12-9-22)23(17-38)19-4-6-20(29)7-5-19/h4-7,21-23,31,37-38H,2-3,8-17,29H2,1H3,(H2,30,33)/t21-,23+/m0/s1. The van der Waals surface area contributed by atoms with Crippen LogP contribution in [-0.2, 0) is 0 Å². The van der Waals surface area contributed by atoms with Gasteiger partial charge in [-0.1, -0.05) is 37.2 Å². The van der Waals surface area contributed by atoms with Crippen molar-refractivity contribution in [2.24, 2.45) is 0 Å². The molecule has 208 valence electrons. The molecule has 0 unspecified atom stereocenters. The van der Waals surface area contributed by atoms with Crippen LogP contribution in [0, 0.1) is 0 Å². The third kappa shape index (κ3) is 6.32. The summed E-state index contributed by atoms with van der Waals surface area (Å²) >= 11 is 6.57. The Morgan fingerprint density at radius 1 is 1.13 bits per heavy atom. The Labute approximate surface area is 230 Å². The molecular formula is C27H41ClN8O2. The maximum atomic E-state index is 10.1. The lowest BCUT2D eigenvalue weighted by Crippen LogP contribution is -2.58. The molecule has 0 aliphatic carbocycles. The molecule has 3 heterocycles. The van der Waals surface area contributed by atoms with Crippen LogP contribution < -0.4 is 21.7 Å². The number of piperazine rings is 1. The molecule has 7 N–H and O–H groups in total. The van der Waals surface area contributed by atoms with Gasteiger partial charge in [-0.2, -0.15) is 0 Å². The average Bonchev–Trinajstić information content (AvgIpc) is 2.94. The van der Waals surface area contributed by atoms with Gasteiger partial charge in [0.05, 0.1) is 25.0 Å². The molecule has 38 heavy (non-hydrogen) atoms. The number of likely N-dealkylation sites (tertiary alicyclic amines) is 1. The molecule has 2 saturated heterocycles. The molecule has 0 bridgehead atoms. The summed E-state index contributed by atoms with van der Waals surface area (Å²) in [5.74, 6) is 0.868. The van der Waals surface area contributed by atoms with Crippen molar-refractivity contribution in [2.45, 2.75) is 44.3 Å². The van der Waals surface area contributed by atoms with E-state index in [2.05, 4.69) is 43.5 Å². The summed E-state index contributed by atoms with van der Waals surface area (Å²) in [6.45, 7) is 11.0. The summed E-state index contributed by atoms with van der Waals surface area (Å²) in [6.07, 6.45) is 3.14. The Morgan fingerprint density at radius 3 is 2.47 bits per heavy atom. The number of rotatable bonds is 10. The molecule has 2 atom stereocenters. The van der Waals surface area contributed by atoms with E-state index in [1.165, 1.54) is 0 Å². The molecule has 0 amide bonds. The predicted octanol–water partition coefficient (Wildman–Crippen LogP) is 1.95. The molecule has 2 fully saturated rings. The predicted molar refractivity (Wildman–Crippen MR) is 154 cm³/mol. The van der Waals surface area contributed by atoms with Crippen LogP contribution in [0.5, 0.6) is 0 Å². The molecule has 0 spiro atoms. The summed E-state index contributed by atoms with van der Waals surface area (Å²) in [6, 6.07) is 8.70. The first-order valence-corrected chi connectivity index (χ1v) is 13.8. The van der Waals surface area contributed by atoms with Crippen LogP contribution in [0.25, 0.3) is 5.70 Å². The van der Waals surface area contributed by atoms with E-state index in [0.717, 1.165) is 63.2 Å². The minimum Gasteiger partial charge on any atom is -0.399 e. The van der Waals surface area contributed by atoms with Crippen molar-refractivity contribution in [3.05, 3.63) is 47.3 Å². The third-order valence-corrected chi connectivity index (χ3v) is 8.06. The van der Waals surface area contributed by atoms with E-state index in [9.17, 15) is 5.11 Å². The van der Waals surface area contributed by atoms with E-state index in [0.29, 0.717) is 41.0 Å². The van der Waals surface area contributed by atoms with Crippen LogP contribution in [0.2, 0.25) is 5.15 Å². The van der Waals surface area contributed by atoms with Gasteiger partial charge in [0.25, 0.3) is 0 Å². The number of halogens is 1. The zero-order chi connectivity index (χ0) is 27.2. The van der Waals surface area contributed by atoms with E-state index in [-0.39, 0.29) is 25.1 Å². The van der Waals surface area contributed by atoms with E-state index in [4.69, 9.17) is 28.2 Å². The average molecular weight is 545 g/mol. The van der Waals surface area contributed by atoms with Crippen molar-refractivity contribution in [3.8, 4) is 0 Å². The minimum atomic E-state index is -0.0233. The number of nitrogens with zero attached hydrogens (tertiary/aromatic N) is 5. The van der Waals surface area contributed by atoms with E-state index in [1.54, 1.807) is 0 Å². The minimum absolute atomic E-state index is 0.000521. The number of aromatic nitrogens is 2. The second kappa shape index (κ2) is 12.9. The highest BCUT2D eigenvalue weighted by Crippen LogP contribution is 2.32. The van der Waals surface area contributed by atoms with Crippen molar-refractivity contribution in [1.29, 1.82) is 0 Å². The Balaban J connectivity index is 1.38. The number of aliphatic hydroxyl groups is 2. The summed E-state index contributed by atoms with van der Waals surface area (Å²) in [7, 11) is 0. The lowest BCUT2D eigenvalue weighted by Gasteiger charge is -2.48. The molecule has 10 nitrogen and oxygen atoms in total. The highest BCUT2D eigenvalue weighted by Gasteiger charge is 2.35. The second-order valence-corrected chi connectivity index (χ2v) is 10.4. The SMILES string of the molecule is C=C(NCCO)c1nc(Cl)c(N2CCN(C3CCN([C@H](CO)c4ccc(N)cc4)CC3)[C@@H](CC)C2)nc1N. The van der Waals surface area contributed by atoms with Crippen LogP contribution in [-0.4, -0.2) is 94.5 Å². The van der Waals surface area contributed by atoms with E-state index >= 15 is 0 Å². The van der Waals surface area contributed by atoms with Gasteiger partial charge in [0.2, 0.25) is 0 Å². The number of nitrogens with two attached hydrogens (primary N) is 2. The zero-order valence-corrected chi connectivity index (χ0v) is 22.9. The lowest BCUT2D eigenvalue weighted by atomic mass is 9.95.